The average Bonchev–Trinajstić information content (AvgIpc) is 2.35. The van der Waals surface area contributed by atoms with E-state index in [0.717, 1.165) is 15.4 Å². The van der Waals surface area contributed by atoms with Crippen LogP contribution in [-0.2, 0) is 6.42 Å². The highest BCUT2D eigenvalue weighted by Crippen LogP contribution is 2.25. The monoisotopic (exact) mass is 353 g/mol. The number of hydrogen-bond acceptors (Lipinski definition) is 1. The number of hydrogen-bond donors (Lipinski definition) is 1. The van der Waals surface area contributed by atoms with Gasteiger partial charge in [0.1, 0.15) is 0 Å². The van der Waals surface area contributed by atoms with Crippen LogP contribution in [0.1, 0.15) is 17.2 Å². The second-order valence-electron chi connectivity index (χ2n) is 3.97. The van der Waals surface area contributed by atoms with Gasteiger partial charge in [-0.05, 0) is 61.5 Å². The van der Waals surface area contributed by atoms with Gasteiger partial charge in [-0.2, -0.15) is 0 Å². The van der Waals surface area contributed by atoms with Crippen LogP contribution in [0.2, 0.25) is 0 Å². The van der Waals surface area contributed by atoms with Gasteiger partial charge in [0, 0.05) is 15.0 Å². The maximum Gasteiger partial charge on any atom is 0.0335 e. The predicted molar refractivity (Wildman–Crippen MR) is 78.9 cm³/mol. The van der Waals surface area contributed by atoms with Crippen molar-refractivity contribution < 1.29 is 0 Å². The summed E-state index contributed by atoms with van der Waals surface area (Å²) in [6, 6.07) is 16.5. The van der Waals surface area contributed by atoms with Gasteiger partial charge in [-0.15, -0.1) is 0 Å². The van der Waals surface area contributed by atoms with E-state index in [1.807, 2.05) is 24.3 Å². The molecule has 2 aromatic carbocycles. The van der Waals surface area contributed by atoms with Crippen LogP contribution in [0.3, 0.4) is 0 Å². The molecule has 0 bridgehead atoms. The number of nitrogens with two attached hydrogens (primary N) is 1. The summed E-state index contributed by atoms with van der Waals surface area (Å²) in [5, 5.41) is 0. The largest absolute Gasteiger partial charge is 0.324 e. The van der Waals surface area contributed by atoms with Crippen LogP contribution < -0.4 is 5.73 Å². The summed E-state index contributed by atoms with van der Waals surface area (Å²) in [6.07, 6.45) is 0.843. The van der Waals surface area contributed by atoms with Crippen LogP contribution in [0, 0.1) is 0 Å². The van der Waals surface area contributed by atoms with Gasteiger partial charge in [-0.1, -0.05) is 36.4 Å². The Morgan fingerprint density at radius 2 is 1.65 bits per heavy atom. The highest BCUT2D eigenvalue weighted by atomic mass is 79.9. The summed E-state index contributed by atoms with van der Waals surface area (Å²) in [6.45, 7) is 0. The molecule has 0 saturated carbocycles. The molecule has 0 aliphatic rings. The van der Waals surface area contributed by atoms with Crippen LogP contribution >= 0.6 is 31.9 Å². The molecule has 1 atom stereocenters. The van der Waals surface area contributed by atoms with E-state index in [4.69, 9.17) is 5.73 Å². The molecule has 0 fully saturated rings. The minimum Gasteiger partial charge on any atom is -0.324 e. The molecule has 2 N–H and O–H groups in total. The van der Waals surface area contributed by atoms with Crippen molar-refractivity contribution in [2.45, 2.75) is 12.5 Å². The van der Waals surface area contributed by atoms with E-state index in [1.165, 1.54) is 11.1 Å². The van der Waals surface area contributed by atoms with Crippen molar-refractivity contribution in [3.8, 4) is 0 Å². The van der Waals surface area contributed by atoms with E-state index in [-0.39, 0.29) is 6.04 Å². The Morgan fingerprint density at radius 1 is 0.941 bits per heavy atom. The molecule has 2 aromatic rings. The van der Waals surface area contributed by atoms with Gasteiger partial charge in [0.25, 0.3) is 0 Å². The van der Waals surface area contributed by atoms with Gasteiger partial charge in [0.15, 0.2) is 0 Å². The van der Waals surface area contributed by atoms with E-state index in [0.29, 0.717) is 0 Å². The standard InChI is InChI=1S/C14H13Br2N/c15-12-7-6-10(8-13(12)16)9-14(17)11-4-2-1-3-5-11/h1-8,14H,9,17H2. The molecule has 0 amide bonds. The molecule has 0 spiro atoms. The predicted octanol–water partition coefficient (Wildman–Crippen LogP) is 4.45. The second kappa shape index (κ2) is 5.80. The first-order valence-corrected chi connectivity index (χ1v) is 7.00. The topological polar surface area (TPSA) is 26.0 Å². The lowest BCUT2D eigenvalue weighted by Crippen LogP contribution is -2.13. The molecule has 0 radical (unpaired) electrons. The fourth-order valence-electron chi connectivity index (χ4n) is 1.74. The zero-order valence-electron chi connectivity index (χ0n) is 9.24. The van der Waals surface area contributed by atoms with Crippen molar-refractivity contribution in [1.82, 2.24) is 0 Å². The number of rotatable bonds is 3. The van der Waals surface area contributed by atoms with Gasteiger partial charge in [0.2, 0.25) is 0 Å². The third kappa shape index (κ3) is 3.41. The molecule has 2 rings (SSSR count). The Kier molecular flexibility index (Phi) is 4.37. The normalized spacial score (nSPS) is 12.4. The average molecular weight is 355 g/mol. The van der Waals surface area contributed by atoms with Crippen LogP contribution in [0.4, 0.5) is 0 Å². The van der Waals surface area contributed by atoms with Crippen molar-refractivity contribution in [2.75, 3.05) is 0 Å². The van der Waals surface area contributed by atoms with Crippen molar-refractivity contribution >= 4 is 31.9 Å². The SMILES string of the molecule is NC(Cc1ccc(Br)c(Br)c1)c1ccccc1. The molecule has 0 aliphatic heterocycles. The minimum atomic E-state index is 0.0456. The fourth-order valence-corrected chi connectivity index (χ4v) is 2.41. The van der Waals surface area contributed by atoms with Gasteiger partial charge in [-0.3, -0.25) is 0 Å². The lowest BCUT2D eigenvalue weighted by Gasteiger charge is -2.12. The first-order chi connectivity index (χ1) is 8.16. The summed E-state index contributed by atoms with van der Waals surface area (Å²) >= 11 is 6.97. The van der Waals surface area contributed by atoms with Crippen LogP contribution in [0.5, 0.6) is 0 Å². The molecule has 0 saturated heterocycles. The number of halogens is 2. The summed E-state index contributed by atoms with van der Waals surface area (Å²) in [7, 11) is 0. The highest BCUT2D eigenvalue weighted by molar-refractivity contribution is 9.13. The Balaban J connectivity index is 2.13. The van der Waals surface area contributed by atoms with Crippen LogP contribution in [-0.4, -0.2) is 0 Å². The van der Waals surface area contributed by atoms with E-state index >= 15 is 0 Å². The van der Waals surface area contributed by atoms with Crippen molar-refractivity contribution in [3.05, 3.63) is 68.6 Å². The molecule has 0 aliphatic carbocycles. The highest BCUT2D eigenvalue weighted by Gasteiger charge is 2.07. The Bertz CT molecular complexity index is 497. The molecule has 88 valence electrons. The first-order valence-electron chi connectivity index (χ1n) is 5.41. The molecule has 0 aromatic heterocycles. The van der Waals surface area contributed by atoms with Crippen molar-refractivity contribution in [3.63, 3.8) is 0 Å². The molecule has 1 nitrogen and oxygen atoms in total. The first kappa shape index (κ1) is 12.8. The van der Waals surface area contributed by atoms with E-state index in [1.54, 1.807) is 0 Å². The Hall–Kier alpha value is -0.640. The van der Waals surface area contributed by atoms with Crippen molar-refractivity contribution in [1.29, 1.82) is 0 Å². The molecule has 1 unspecified atom stereocenters. The maximum atomic E-state index is 6.19. The zero-order valence-corrected chi connectivity index (χ0v) is 12.4. The van der Waals surface area contributed by atoms with Gasteiger partial charge < -0.3 is 5.73 Å². The summed E-state index contributed by atoms with van der Waals surface area (Å²) in [4.78, 5) is 0. The Morgan fingerprint density at radius 3 is 2.29 bits per heavy atom. The lowest BCUT2D eigenvalue weighted by atomic mass is 10.00. The second-order valence-corrected chi connectivity index (χ2v) is 5.68. The third-order valence-corrected chi connectivity index (χ3v) is 4.55. The fraction of sp³-hybridized carbons (Fsp3) is 0.143. The van der Waals surface area contributed by atoms with E-state index in [9.17, 15) is 0 Å². The molecular formula is C14H13Br2N. The van der Waals surface area contributed by atoms with Gasteiger partial charge in [-0.25, -0.2) is 0 Å². The van der Waals surface area contributed by atoms with E-state index in [2.05, 4.69) is 56.1 Å². The molecule has 17 heavy (non-hydrogen) atoms. The summed E-state index contributed by atoms with van der Waals surface area (Å²) in [5.41, 5.74) is 8.59. The molecular weight excluding hydrogens is 342 g/mol. The molecule has 3 heteroatoms. The molecule has 0 heterocycles. The van der Waals surface area contributed by atoms with Crippen molar-refractivity contribution in [2.24, 2.45) is 5.73 Å². The smallest absolute Gasteiger partial charge is 0.0335 e. The van der Waals surface area contributed by atoms with E-state index < -0.39 is 0 Å². The lowest BCUT2D eigenvalue weighted by molar-refractivity contribution is 0.721. The van der Waals surface area contributed by atoms with Crippen LogP contribution in [0.25, 0.3) is 0 Å². The third-order valence-electron chi connectivity index (χ3n) is 2.67. The Labute approximate surface area is 118 Å². The van der Waals surface area contributed by atoms with Gasteiger partial charge >= 0.3 is 0 Å². The van der Waals surface area contributed by atoms with Gasteiger partial charge in [0.05, 0.1) is 0 Å². The maximum absolute atomic E-state index is 6.19. The number of benzene rings is 2. The van der Waals surface area contributed by atoms with Crippen LogP contribution in [0.15, 0.2) is 57.5 Å². The zero-order chi connectivity index (χ0) is 12.3. The quantitative estimate of drug-likeness (QED) is 0.865. The summed E-state index contributed by atoms with van der Waals surface area (Å²) < 4.78 is 2.13. The minimum absolute atomic E-state index is 0.0456. The summed E-state index contributed by atoms with van der Waals surface area (Å²) in [5.74, 6) is 0.